The van der Waals surface area contributed by atoms with Gasteiger partial charge >= 0.3 is 0 Å². The second-order valence-corrected chi connectivity index (χ2v) is 4.91. The quantitative estimate of drug-likeness (QED) is 0.876. The van der Waals surface area contributed by atoms with Crippen LogP contribution in [0.3, 0.4) is 0 Å². The fraction of sp³-hybridized carbons (Fsp3) is 0.357. The van der Waals surface area contributed by atoms with Gasteiger partial charge in [-0.2, -0.15) is 0 Å². The number of nitrogens with two attached hydrogens (primary N) is 1. The molecule has 0 saturated heterocycles. The van der Waals surface area contributed by atoms with Crippen LogP contribution in [-0.4, -0.2) is 26.4 Å². The van der Waals surface area contributed by atoms with Crippen molar-refractivity contribution in [1.82, 2.24) is 19.9 Å². The highest BCUT2D eigenvalue weighted by atomic mass is 15.1. The van der Waals surface area contributed by atoms with Gasteiger partial charge in [0, 0.05) is 49.7 Å². The Bertz CT molecular complexity index is 596. The minimum absolute atomic E-state index is 0.371. The minimum Gasteiger partial charge on any atom is -0.368 e. The molecular formula is C14H17N5. The summed E-state index contributed by atoms with van der Waals surface area (Å²) in [5.41, 5.74) is 10.3. The Morgan fingerprint density at radius 2 is 2.26 bits per heavy atom. The van der Waals surface area contributed by atoms with Crippen molar-refractivity contribution in [3.8, 4) is 0 Å². The molecular weight excluding hydrogens is 238 g/mol. The van der Waals surface area contributed by atoms with Crippen LogP contribution in [0, 0.1) is 6.92 Å². The van der Waals surface area contributed by atoms with E-state index >= 15 is 0 Å². The Labute approximate surface area is 112 Å². The van der Waals surface area contributed by atoms with E-state index in [-0.39, 0.29) is 0 Å². The van der Waals surface area contributed by atoms with Gasteiger partial charge in [-0.1, -0.05) is 6.07 Å². The molecule has 2 aromatic rings. The number of nitrogens with zero attached hydrogens (tertiary/aromatic N) is 4. The molecule has 1 aliphatic heterocycles. The first-order valence-electron chi connectivity index (χ1n) is 6.45. The predicted molar refractivity (Wildman–Crippen MR) is 73.2 cm³/mol. The van der Waals surface area contributed by atoms with Crippen molar-refractivity contribution in [2.24, 2.45) is 0 Å². The van der Waals surface area contributed by atoms with Crippen LogP contribution in [0.1, 0.15) is 22.5 Å². The molecule has 0 saturated carbocycles. The summed E-state index contributed by atoms with van der Waals surface area (Å²) in [7, 11) is 0. The van der Waals surface area contributed by atoms with Crippen molar-refractivity contribution >= 4 is 5.95 Å². The van der Waals surface area contributed by atoms with Crippen LogP contribution in [0.15, 0.2) is 24.5 Å². The van der Waals surface area contributed by atoms with Gasteiger partial charge in [-0.25, -0.2) is 9.97 Å². The van der Waals surface area contributed by atoms with Crippen LogP contribution >= 0.6 is 0 Å². The van der Waals surface area contributed by atoms with Gasteiger partial charge in [-0.3, -0.25) is 9.88 Å². The Morgan fingerprint density at radius 1 is 1.37 bits per heavy atom. The number of pyridine rings is 1. The van der Waals surface area contributed by atoms with Gasteiger partial charge < -0.3 is 5.73 Å². The van der Waals surface area contributed by atoms with Gasteiger partial charge in [-0.05, 0) is 18.6 Å². The van der Waals surface area contributed by atoms with Crippen LogP contribution < -0.4 is 5.73 Å². The number of nitrogen functional groups attached to an aromatic ring is 1. The summed E-state index contributed by atoms with van der Waals surface area (Å²) in [6, 6.07) is 4.13. The lowest BCUT2D eigenvalue weighted by Gasteiger charge is -2.28. The maximum atomic E-state index is 5.62. The maximum absolute atomic E-state index is 5.62. The Morgan fingerprint density at radius 3 is 3.11 bits per heavy atom. The second kappa shape index (κ2) is 4.93. The smallest absolute Gasteiger partial charge is 0.220 e. The SMILES string of the molecule is Cc1ncccc1CN1CCc2nc(N)ncc2C1. The van der Waals surface area contributed by atoms with Gasteiger partial charge in [0.1, 0.15) is 0 Å². The van der Waals surface area contributed by atoms with Gasteiger partial charge in [0.05, 0.1) is 5.69 Å². The third-order valence-electron chi connectivity index (χ3n) is 3.54. The third-order valence-corrected chi connectivity index (χ3v) is 3.54. The molecule has 1 aliphatic rings. The van der Waals surface area contributed by atoms with E-state index in [4.69, 9.17) is 5.73 Å². The van der Waals surface area contributed by atoms with E-state index in [0.29, 0.717) is 5.95 Å². The number of anilines is 1. The third kappa shape index (κ3) is 2.56. The summed E-state index contributed by atoms with van der Waals surface area (Å²) in [6.07, 6.45) is 4.61. The zero-order valence-electron chi connectivity index (χ0n) is 11.0. The molecule has 2 N–H and O–H groups in total. The van der Waals surface area contributed by atoms with Gasteiger partial charge in [0.25, 0.3) is 0 Å². The normalized spacial score (nSPS) is 15.2. The summed E-state index contributed by atoms with van der Waals surface area (Å²) in [4.78, 5) is 15.1. The lowest BCUT2D eigenvalue weighted by Crippen LogP contribution is -2.31. The van der Waals surface area contributed by atoms with E-state index in [1.54, 1.807) is 0 Å². The largest absolute Gasteiger partial charge is 0.368 e. The molecule has 5 heteroatoms. The lowest BCUT2D eigenvalue weighted by atomic mass is 10.1. The molecule has 0 radical (unpaired) electrons. The van der Waals surface area contributed by atoms with Crippen LogP contribution in [0.5, 0.6) is 0 Å². The zero-order valence-corrected chi connectivity index (χ0v) is 11.0. The lowest BCUT2D eigenvalue weighted by molar-refractivity contribution is 0.242. The molecule has 0 fully saturated rings. The van der Waals surface area contributed by atoms with Crippen LogP contribution in [0.4, 0.5) is 5.95 Å². The molecule has 0 spiro atoms. The molecule has 0 atom stereocenters. The standard InChI is InChI=1S/C14H17N5/c1-10-11(3-2-5-16-10)8-19-6-4-13-12(9-19)7-17-14(15)18-13/h2-3,5,7H,4,6,8-9H2,1H3,(H2,15,17,18). The van der Waals surface area contributed by atoms with E-state index in [0.717, 1.165) is 37.4 Å². The summed E-state index contributed by atoms with van der Waals surface area (Å²) < 4.78 is 0. The summed E-state index contributed by atoms with van der Waals surface area (Å²) in [6.45, 7) is 4.85. The molecule has 0 bridgehead atoms. The molecule has 19 heavy (non-hydrogen) atoms. The van der Waals surface area contributed by atoms with Crippen molar-refractivity contribution in [3.63, 3.8) is 0 Å². The number of fused-ring (bicyclic) bond motifs is 1. The molecule has 3 rings (SSSR count). The number of hydrogen-bond donors (Lipinski definition) is 1. The molecule has 5 nitrogen and oxygen atoms in total. The molecule has 3 heterocycles. The van der Waals surface area contributed by atoms with Crippen molar-refractivity contribution in [3.05, 3.63) is 47.0 Å². The van der Waals surface area contributed by atoms with Gasteiger partial charge in [0.2, 0.25) is 5.95 Å². The highest BCUT2D eigenvalue weighted by Crippen LogP contribution is 2.19. The number of hydrogen-bond acceptors (Lipinski definition) is 5. The van der Waals surface area contributed by atoms with Crippen molar-refractivity contribution < 1.29 is 0 Å². The fourth-order valence-corrected chi connectivity index (χ4v) is 2.45. The number of aromatic nitrogens is 3. The Kier molecular flexibility index (Phi) is 3.13. The van der Waals surface area contributed by atoms with E-state index in [9.17, 15) is 0 Å². The first-order chi connectivity index (χ1) is 9.22. The van der Waals surface area contributed by atoms with Crippen LogP contribution in [0.2, 0.25) is 0 Å². The molecule has 2 aromatic heterocycles. The Balaban J connectivity index is 1.76. The maximum Gasteiger partial charge on any atom is 0.220 e. The highest BCUT2D eigenvalue weighted by molar-refractivity contribution is 5.27. The second-order valence-electron chi connectivity index (χ2n) is 4.91. The van der Waals surface area contributed by atoms with Crippen molar-refractivity contribution in [1.29, 1.82) is 0 Å². The Hall–Kier alpha value is -2.01. The first kappa shape index (κ1) is 12.0. The number of rotatable bonds is 2. The van der Waals surface area contributed by atoms with E-state index in [1.807, 2.05) is 18.5 Å². The summed E-state index contributed by atoms with van der Waals surface area (Å²) in [5.74, 6) is 0.371. The average molecular weight is 255 g/mol. The van der Waals surface area contributed by atoms with E-state index in [2.05, 4.69) is 32.8 Å². The highest BCUT2D eigenvalue weighted by Gasteiger charge is 2.18. The topological polar surface area (TPSA) is 67.9 Å². The first-order valence-corrected chi connectivity index (χ1v) is 6.45. The zero-order chi connectivity index (χ0) is 13.2. The fourth-order valence-electron chi connectivity index (χ4n) is 2.45. The van der Waals surface area contributed by atoms with Crippen LogP contribution in [0.25, 0.3) is 0 Å². The van der Waals surface area contributed by atoms with Gasteiger partial charge in [0.15, 0.2) is 0 Å². The average Bonchev–Trinajstić information content (AvgIpc) is 2.41. The molecule has 0 aliphatic carbocycles. The summed E-state index contributed by atoms with van der Waals surface area (Å²) in [5, 5.41) is 0. The van der Waals surface area contributed by atoms with E-state index in [1.165, 1.54) is 11.1 Å². The summed E-state index contributed by atoms with van der Waals surface area (Å²) >= 11 is 0. The van der Waals surface area contributed by atoms with Crippen molar-refractivity contribution in [2.45, 2.75) is 26.4 Å². The molecule has 98 valence electrons. The molecule has 0 amide bonds. The van der Waals surface area contributed by atoms with Gasteiger partial charge in [-0.15, -0.1) is 0 Å². The van der Waals surface area contributed by atoms with E-state index < -0.39 is 0 Å². The van der Waals surface area contributed by atoms with Crippen LogP contribution in [-0.2, 0) is 19.5 Å². The molecule has 0 unspecified atom stereocenters. The monoisotopic (exact) mass is 255 g/mol. The van der Waals surface area contributed by atoms with Crippen molar-refractivity contribution in [2.75, 3.05) is 12.3 Å². The molecule has 0 aromatic carbocycles. The predicted octanol–water partition coefficient (Wildman–Crippen LogP) is 1.32. The minimum atomic E-state index is 0.371. The number of aryl methyl sites for hydroxylation is 1.